The van der Waals surface area contributed by atoms with Gasteiger partial charge in [-0.2, -0.15) is 0 Å². The number of carbonyl (C=O) groups excluding carboxylic acids is 1. The molecule has 0 saturated heterocycles. The van der Waals surface area contributed by atoms with Gasteiger partial charge in [0.05, 0.1) is 6.61 Å². The first kappa shape index (κ1) is 8.59. The number of aldehydes is 1. The minimum atomic E-state index is -0.177. The molecule has 2 rings (SSSR count). The summed E-state index contributed by atoms with van der Waals surface area (Å²) in [6, 6.07) is 5.65. The Labute approximate surface area is 80.1 Å². The zero-order valence-electron chi connectivity index (χ0n) is 6.86. The molecule has 1 aromatic carbocycles. The lowest BCUT2D eigenvalue weighted by Gasteiger charge is -2.01. The van der Waals surface area contributed by atoms with Crippen LogP contribution in [0.15, 0.2) is 23.1 Å². The molecule has 0 amide bonds. The molecule has 1 atom stereocenters. The summed E-state index contributed by atoms with van der Waals surface area (Å²) in [5.74, 6) is 0. The third-order valence-corrected chi connectivity index (χ3v) is 2.99. The van der Waals surface area contributed by atoms with Gasteiger partial charge in [-0.3, -0.25) is 0 Å². The maximum atomic E-state index is 10.5. The third kappa shape index (κ3) is 1.55. The molecule has 0 bridgehead atoms. The van der Waals surface area contributed by atoms with Crippen LogP contribution >= 0.6 is 11.8 Å². The van der Waals surface area contributed by atoms with E-state index in [9.17, 15) is 4.79 Å². The molecule has 0 fully saturated rings. The predicted octanol–water partition coefficient (Wildman–Crippen LogP) is 1.22. The maximum absolute atomic E-state index is 10.5. The smallest absolute Gasteiger partial charge is 0.152 e. The van der Waals surface area contributed by atoms with Crippen molar-refractivity contribution in [1.82, 2.24) is 0 Å². The van der Waals surface area contributed by atoms with Crippen LogP contribution in [0.2, 0.25) is 0 Å². The van der Waals surface area contributed by atoms with Crippen LogP contribution in [-0.4, -0.2) is 16.8 Å². The van der Waals surface area contributed by atoms with Gasteiger partial charge in [0.1, 0.15) is 5.37 Å². The normalized spacial score (nSPS) is 19.3. The highest BCUT2D eigenvalue weighted by molar-refractivity contribution is 8.01. The summed E-state index contributed by atoms with van der Waals surface area (Å²) in [5.41, 5.74) is 1.80. The molecule has 1 unspecified atom stereocenters. The third-order valence-electron chi connectivity index (χ3n) is 1.90. The minimum Gasteiger partial charge on any atom is -0.392 e. The van der Waals surface area contributed by atoms with Crippen LogP contribution in [0.3, 0.4) is 0 Å². The number of aliphatic hydroxyl groups is 1. The first-order chi connectivity index (χ1) is 6.33. The predicted molar refractivity (Wildman–Crippen MR) is 51.7 cm³/mol. The molecule has 3 nitrogen and oxygen atoms in total. The molecule has 0 aromatic heterocycles. The quantitative estimate of drug-likeness (QED) is 0.697. The van der Waals surface area contributed by atoms with E-state index in [-0.39, 0.29) is 12.0 Å². The Morgan fingerprint density at radius 3 is 3.15 bits per heavy atom. The van der Waals surface area contributed by atoms with Crippen molar-refractivity contribution in [2.75, 3.05) is 5.32 Å². The molecular formula is C9H9NO2S. The van der Waals surface area contributed by atoms with Gasteiger partial charge in [0, 0.05) is 10.6 Å². The number of nitrogens with one attached hydrogen (secondary N) is 1. The Balaban J connectivity index is 2.30. The van der Waals surface area contributed by atoms with Crippen LogP contribution in [0, 0.1) is 0 Å². The number of rotatable bonds is 2. The van der Waals surface area contributed by atoms with Crippen LogP contribution in [-0.2, 0) is 11.4 Å². The fourth-order valence-corrected chi connectivity index (χ4v) is 2.18. The molecule has 0 spiro atoms. The highest BCUT2D eigenvalue weighted by Crippen LogP contribution is 2.37. The van der Waals surface area contributed by atoms with Crippen LogP contribution < -0.4 is 5.32 Å². The van der Waals surface area contributed by atoms with Crippen LogP contribution in [0.4, 0.5) is 5.69 Å². The molecule has 1 aliphatic rings. The molecule has 68 valence electrons. The zero-order chi connectivity index (χ0) is 9.26. The van der Waals surface area contributed by atoms with E-state index in [0.29, 0.717) is 0 Å². The zero-order valence-corrected chi connectivity index (χ0v) is 7.67. The second-order valence-electron chi connectivity index (χ2n) is 2.81. The summed E-state index contributed by atoms with van der Waals surface area (Å²) in [6.45, 7) is 0.0331. The van der Waals surface area contributed by atoms with Crippen molar-refractivity contribution in [3.8, 4) is 0 Å². The number of carbonyl (C=O) groups is 1. The van der Waals surface area contributed by atoms with Crippen LogP contribution in [0.5, 0.6) is 0 Å². The van der Waals surface area contributed by atoms with Gasteiger partial charge in [-0.05, 0) is 17.7 Å². The fourth-order valence-electron chi connectivity index (χ4n) is 1.27. The van der Waals surface area contributed by atoms with Gasteiger partial charge >= 0.3 is 0 Å². The Morgan fingerprint density at radius 2 is 2.46 bits per heavy atom. The maximum Gasteiger partial charge on any atom is 0.152 e. The molecule has 13 heavy (non-hydrogen) atoms. The number of hydrogen-bond acceptors (Lipinski definition) is 4. The van der Waals surface area contributed by atoms with Gasteiger partial charge in [-0.15, -0.1) is 0 Å². The summed E-state index contributed by atoms with van der Waals surface area (Å²) in [7, 11) is 0. The topological polar surface area (TPSA) is 49.3 Å². The average molecular weight is 195 g/mol. The molecule has 0 aliphatic carbocycles. The van der Waals surface area contributed by atoms with Crippen molar-refractivity contribution in [1.29, 1.82) is 0 Å². The van der Waals surface area contributed by atoms with E-state index in [1.165, 1.54) is 11.8 Å². The summed E-state index contributed by atoms with van der Waals surface area (Å²) in [6.07, 6.45) is 0.878. The molecule has 2 N–H and O–H groups in total. The van der Waals surface area contributed by atoms with Gasteiger partial charge in [0.15, 0.2) is 6.29 Å². The average Bonchev–Trinajstić information content (AvgIpc) is 2.58. The van der Waals surface area contributed by atoms with Gasteiger partial charge in [0.2, 0.25) is 0 Å². The monoisotopic (exact) mass is 195 g/mol. The summed E-state index contributed by atoms with van der Waals surface area (Å²) < 4.78 is 0. The summed E-state index contributed by atoms with van der Waals surface area (Å²) >= 11 is 1.49. The van der Waals surface area contributed by atoms with E-state index in [1.807, 2.05) is 18.2 Å². The van der Waals surface area contributed by atoms with Crippen LogP contribution in [0.1, 0.15) is 5.56 Å². The molecule has 1 aromatic rings. The van der Waals surface area contributed by atoms with Crippen molar-refractivity contribution in [3.05, 3.63) is 23.8 Å². The SMILES string of the molecule is O=CC1Nc2cc(CO)ccc2S1. The van der Waals surface area contributed by atoms with E-state index in [0.717, 1.165) is 22.4 Å². The van der Waals surface area contributed by atoms with E-state index in [4.69, 9.17) is 5.11 Å². The first-order valence-corrected chi connectivity index (χ1v) is 4.84. The molecule has 0 radical (unpaired) electrons. The van der Waals surface area contributed by atoms with Crippen molar-refractivity contribution >= 4 is 23.7 Å². The lowest BCUT2D eigenvalue weighted by molar-refractivity contribution is -0.107. The van der Waals surface area contributed by atoms with Gasteiger partial charge in [-0.1, -0.05) is 17.8 Å². The number of benzene rings is 1. The second kappa shape index (κ2) is 3.40. The number of aliphatic hydroxyl groups excluding tert-OH is 1. The van der Waals surface area contributed by atoms with Crippen molar-refractivity contribution in [3.63, 3.8) is 0 Å². The highest BCUT2D eigenvalue weighted by atomic mass is 32.2. The van der Waals surface area contributed by atoms with E-state index in [2.05, 4.69) is 5.32 Å². The van der Waals surface area contributed by atoms with Crippen LogP contribution in [0.25, 0.3) is 0 Å². The van der Waals surface area contributed by atoms with Gasteiger partial charge < -0.3 is 15.2 Å². The van der Waals surface area contributed by atoms with Gasteiger partial charge in [-0.25, -0.2) is 0 Å². The van der Waals surface area contributed by atoms with Gasteiger partial charge in [0.25, 0.3) is 0 Å². The summed E-state index contributed by atoms with van der Waals surface area (Å²) in [5, 5.41) is 11.8. The molecular weight excluding hydrogens is 186 g/mol. The molecule has 1 aliphatic heterocycles. The Morgan fingerprint density at radius 1 is 1.62 bits per heavy atom. The highest BCUT2D eigenvalue weighted by Gasteiger charge is 2.20. The number of anilines is 1. The Bertz CT molecular complexity index is 340. The lowest BCUT2D eigenvalue weighted by atomic mass is 10.2. The Hall–Kier alpha value is -1.00. The van der Waals surface area contributed by atoms with E-state index >= 15 is 0 Å². The van der Waals surface area contributed by atoms with Crippen molar-refractivity contribution in [2.24, 2.45) is 0 Å². The minimum absolute atomic E-state index is 0.0331. The number of thioether (sulfide) groups is 1. The van der Waals surface area contributed by atoms with Crippen molar-refractivity contribution < 1.29 is 9.90 Å². The number of hydrogen-bond donors (Lipinski definition) is 2. The molecule has 1 heterocycles. The molecule has 0 saturated carbocycles. The fraction of sp³-hybridized carbons (Fsp3) is 0.222. The standard InChI is InChI=1S/C9H9NO2S/c11-4-6-1-2-8-7(3-6)10-9(5-12)13-8/h1-3,5,9-11H,4H2. The van der Waals surface area contributed by atoms with E-state index in [1.54, 1.807) is 0 Å². The molecule has 4 heteroatoms. The first-order valence-electron chi connectivity index (χ1n) is 3.96. The lowest BCUT2D eigenvalue weighted by Crippen LogP contribution is -2.10. The summed E-state index contributed by atoms with van der Waals surface area (Å²) in [4.78, 5) is 11.6. The van der Waals surface area contributed by atoms with Crippen molar-refractivity contribution in [2.45, 2.75) is 16.9 Å². The largest absolute Gasteiger partial charge is 0.392 e. The van der Waals surface area contributed by atoms with E-state index < -0.39 is 0 Å². The Kier molecular flexibility index (Phi) is 2.24. The number of fused-ring (bicyclic) bond motifs is 1. The second-order valence-corrected chi connectivity index (χ2v) is 3.99.